The van der Waals surface area contributed by atoms with Crippen molar-refractivity contribution in [2.24, 2.45) is 5.92 Å². The lowest BCUT2D eigenvalue weighted by molar-refractivity contribution is 0.0331. The lowest BCUT2D eigenvalue weighted by Crippen LogP contribution is -2.40. The molecule has 2 bridgehead atoms. The number of rotatable bonds is 3. The van der Waals surface area contributed by atoms with E-state index in [-0.39, 0.29) is 18.1 Å². The summed E-state index contributed by atoms with van der Waals surface area (Å²) in [5.74, 6) is 0.482. The quantitative estimate of drug-likeness (QED) is 0.803. The van der Waals surface area contributed by atoms with Gasteiger partial charge in [-0.05, 0) is 19.8 Å². The first-order valence-electron chi connectivity index (χ1n) is 6.50. The normalized spacial score (nSPS) is 29.8. The molecule has 1 saturated carbocycles. The molecule has 96 valence electrons. The van der Waals surface area contributed by atoms with E-state index in [9.17, 15) is 4.79 Å². The summed E-state index contributed by atoms with van der Waals surface area (Å²) in [7, 11) is 0. The number of ether oxygens (including phenoxy) is 1. The summed E-state index contributed by atoms with van der Waals surface area (Å²) in [5.41, 5.74) is 0.431. The zero-order chi connectivity index (χ0) is 12.5. The van der Waals surface area contributed by atoms with Crippen LogP contribution in [0.1, 0.15) is 30.3 Å². The molecular weight excluding hydrogens is 230 g/mol. The first-order valence-corrected chi connectivity index (χ1v) is 6.50. The van der Waals surface area contributed by atoms with Gasteiger partial charge in [0.15, 0.2) is 0 Å². The fourth-order valence-electron chi connectivity index (χ4n) is 3.17. The maximum absolute atomic E-state index is 12.4. The minimum Gasteiger partial charge on any atom is -0.376 e. The average molecular weight is 247 g/mol. The highest BCUT2D eigenvalue weighted by atomic mass is 16.5. The molecular formula is C13H17N3O2. The summed E-state index contributed by atoms with van der Waals surface area (Å²) < 4.78 is 5.78. The van der Waals surface area contributed by atoms with E-state index in [0.29, 0.717) is 18.2 Å². The Balaban J connectivity index is 1.77. The third-order valence-corrected chi connectivity index (χ3v) is 3.91. The van der Waals surface area contributed by atoms with Gasteiger partial charge in [0.25, 0.3) is 5.91 Å². The van der Waals surface area contributed by atoms with Crippen LogP contribution >= 0.6 is 0 Å². The molecule has 1 aromatic rings. The number of carbonyl (C=O) groups excluding carboxylic acids is 1. The van der Waals surface area contributed by atoms with Gasteiger partial charge in [-0.3, -0.25) is 9.78 Å². The fourth-order valence-corrected chi connectivity index (χ4v) is 3.17. The van der Waals surface area contributed by atoms with Crippen LogP contribution < -0.4 is 0 Å². The van der Waals surface area contributed by atoms with Crippen molar-refractivity contribution in [2.45, 2.75) is 31.9 Å². The Morgan fingerprint density at radius 1 is 1.50 bits per heavy atom. The predicted molar refractivity (Wildman–Crippen MR) is 65.0 cm³/mol. The lowest BCUT2D eigenvalue weighted by atomic mass is 10.1. The van der Waals surface area contributed by atoms with Gasteiger partial charge in [-0.1, -0.05) is 0 Å². The molecule has 3 unspecified atom stereocenters. The second kappa shape index (κ2) is 4.65. The second-order valence-corrected chi connectivity index (χ2v) is 4.87. The largest absolute Gasteiger partial charge is 0.376 e. The molecule has 1 aliphatic heterocycles. The van der Waals surface area contributed by atoms with E-state index in [4.69, 9.17) is 4.74 Å². The summed E-state index contributed by atoms with van der Waals surface area (Å²) in [6.07, 6.45) is 7.10. The van der Waals surface area contributed by atoms with Crippen LogP contribution in [0.5, 0.6) is 0 Å². The van der Waals surface area contributed by atoms with Crippen molar-refractivity contribution in [3.63, 3.8) is 0 Å². The summed E-state index contributed by atoms with van der Waals surface area (Å²) in [6, 6.07) is 0.226. The highest BCUT2D eigenvalue weighted by molar-refractivity contribution is 5.92. The van der Waals surface area contributed by atoms with Crippen molar-refractivity contribution >= 4 is 5.91 Å². The Morgan fingerprint density at radius 2 is 2.39 bits per heavy atom. The van der Waals surface area contributed by atoms with Gasteiger partial charge in [0.1, 0.15) is 5.69 Å². The monoisotopic (exact) mass is 247 g/mol. The Labute approximate surface area is 106 Å². The topological polar surface area (TPSA) is 55.3 Å². The van der Waals surface area contributed by atoms with E-state index in [1.165, 1.54) is 12.6 Å². The van der Waals surface area contributed by atoms with E-state index in [0.717, 1.165) is 13.0 Å². The molecule has 0 spiro atoms. The Bertz CT molecular complexity index is 437. The third-order valence-electron chi connectivity index (χ3n) is 3.91. The van der Waals surface area contributed by atoms with Crippen LogP contribution in [0.2, 0.25) is 0 Å². The molecule has 2 aliphatic rings. The molecule has 18 heavy (non-hydrogen) atoms. The molecule has 3 atom stereocenters. The number of amides is 1. The van der Waals surface area contributed by atoms with Gasteiger partial charge in [-0.2, -0.15) is 0 Å². The molecule has 5 nitrogen and oxygen atoms in total. The molecule has 1 saturated heterocycles. The number of carbonyl (C=O) groups is 1. The highest BCUT2D eigenvalue weighted by Gasteiger charge is 2.49. The summed E-state index contributed by atoms with van der Waals surface area (Å²) >= 11 is 0. The number of nitrogens with zero attached hydrogens (tertiary/aromatic N) is 3. The predicted octanol–water partition coefficient (Wildman–Crippen LogP) is 1.12. The van der Waals surface area contributed by atoms with Gasteiger partial charge in [0.05, 0.1) is 18.3 Å². The van der Waals surface area contributed by atoms with Gasteiger partial charge >= 0.3 is 0 Å². The second-order valence-electron chi connectivity index (χ2n) is 4.87. The van der Waals surface area contributed by atoms with Crippen molar-refractivity contribution in [3.8, 4) is 0 Å². The molecule has 1 aromatic heterocycles. The van der Waals surface area contributed by atoms with E-state index >= 15 is 0 Å². The Hall–Kier alpha value is -1.49. The summed E-state index contributed by atoms with van der Waals surface area (Å²) in [4.78, 5) is 22.3. The van der Waals surface area contributed by atoms with E-state index in [2.05, 4.69) is 9.97 Å². The Kier molecular flexibility index (Phi) is 2.99. The maximum Gasteiger partial charge on any atom is 0.274 e. The molecule has 0 N–H and O–H groups in total. The molecule has 3 rings (SSSR count). The van der Waals surface area contributed by atoms with E-state index in [1.807, 2.05) is 11.8 Å². The minimum absolute atomic E-state index is 0.0139. The number of hydrogen-bond acceptors (Lipinski definition) is 4. The van der Waals surface area contributed by atoms with Crippen LogP contribution in [0.3, 0.4) is 0 Å². The molecule has 1 amide bonds. The van der Waals surface area contributed by atoms with Crippen LogP contribution in [0.4, 0.5) is 0 Å². The van der Waals surface area contributed by atoms with Crippen LogP contribution in [0.15, 0.2) is 18.6 Å². The van der Waals surface area contributed by atoms with Crippen molar-refractivity contribution in [1.29, 1.82) is 0 Å². The van der Waals surface area contributed by atoms with Gasteiger partial charge in [-0.15, -0.1) is 0 Å². The van der Waals surface area contributed by atoms with Crippen molar-refractivity contribution in [3.05, 3.63) is 24.3 Å². The van der Waals surface area contributed by atoms with Crippen molar-refractivity contribution in [1.82, 2.24) is 14.9 Å². The smallest absolute Gasteiger partial charge is 0.274 e. The lowest BCUT2D eigenvalue weighted by Gasteiger charge is -2.26. The molecule has 1 aliphatic carbocycles. The zero-order valence-electron chi connectivity index (χ0n) is 10.5. The minimum atomic E-state index is -0.0139. The van der Waals surface area contributed by atoms with Crippen molar-refractivity contribution in [2.75, 3.05) is 13.2 Å². The number of piperidine rings is 1. The first-order chi connectivity index (χ1) is 8.81. The average Bonchev–Trinajstić information content (AvgIpc) is 2.97. The molecule has 5 heteroatoms. The van der Waals surface area contributed by atoms with Gasteiger partial charge in [0, 0.05) is 31.5 Å². The van der Waals surface area contributed by atoms with Gasteiger partial charge < -0.3 is 9.64 Å². The maximum atomic E-state index is 12.4. The van der Waals surface area contributed by atoms with E-state index in [1.54, 1.807) is 12.4 Å². The van der Waals surface area contributed by atoms with E-state index < -0.39 is 0 Å². The van der Waals surface area contributed by atoms with Crippen LogP contribution in [-0.4, -0.2) is 46.1 Å². The SMILES string of the molecule is CCOC1C2CCC1N(C(=O)c1cnccn1)C2. The van der Waals surface area contributed by atoms with Gasteiger partial charge in [0.2, 0.25) is 0 Å². The summed E-state index contributed by atoms with van der Waals surface area (Å²) in [6.45, 7) is 3.52. The fraction of sp³-hybridized carbons (Fsp3) is 0.615. The zero-order valence-corrected chi connectivity index (χ0v) is 10.5. The molecule has 0 radical (unpaired) electrons. The number of hydrogen-bond donors (Lipinski definition) is 0. The number of likely N-dealkylation sites (tertiary alicyclic amines) is 1. The van der Waals surface area contributed by atoms with Crippen LogP contribution in [-0.2, 0) is 4.74 Å². The summed E-state index contributed by atoms with van der Waals surface area (Å²) in [5, 5.41) is 0. The third kappa shape index (κ3) is 1.79. The Morgan fingerprint density at radius 3 is 3.11 bits per heavy atom. The number of fused-ring (bicyclic) bond motifs is 2. The van der Waals surface area contributed by atoms with Crippen molar-refractivity contribution < 1.29 is 9.53 Å². The van der Waals surface area contributed by atoms with Crippen LogP contribution in [0, 0.1) is 5.92 Å². The highest BCUT2D eigenvalue weighted by Crippen LogP contribution is 2.40. The molecule has 2 heterocycles. The first kappa shape index (κ1) is 11.6. The standard InChI is InChI=1S/C13H17N3O2/c1-2-18-12-9-3-4-11(12)16(8-9)13(17)10-7-14-5-6-15-10/h5-7,9,11-12H,2-4,8H2,1H3. The van der Waals surface area contributed by atoms with Crippen LogP contribution in [0.25, 0.3) is 0 Å². The molecule has 0 aromatic carbocycles. The molecule has 2 fully saturated rings. The number of aromatic nitrogens is 2. The van der Waals surface area contributed by atoms with Gasteiger partial charge in [-0.25, -0.2) is 4.98 Å².